The summed E-state index contributed by atoms with van der Waals surface area (Å²) >= 11 is 0. The van der Waals surface area contributed by atoms with Crippen LogP contribution in [0.2, 0.25) is 0 Å². The van der Waals surface area contributed by atoms with Crippen molar-refractivity contribution in [2.75, 3.05) is 13.2 Å². The van der Waals surface area contributed by atoms with Crippen molar-refractivity contribution in [3.63, 3.8) is 0 Å². The van der Waals surface area contributed by atoms with Gasteiger partial charge < -0.3 is 19.1 Å². The Morgan fingerprint density at radius 2 is 1.64 bits per heavy atom. The molecule has 0 aromatic heterocycles. The maximum absolute atomic E-state index is 13.3. The zero-order valence-electron chi connectivity index (χ0n) is 15.3. The topological polar surface area (TPSA) is 90.9 Å². The fourth-order valence-electron chi connectivity index (χ4n) is 2.08. The largest absolute Gasteiger partial charge is 0.461 e. The molecule has 0 fully saturated rings. The molecule has 0 heterocycles. The number of rotatable bonds is 9. The molecule has 0 spiro atoms. The zero-order chi connectivity index (χ0) is 19.1. The molecule has 0 saturated carbocycles. The fraction of sp³-hybridized carbons (Fsp3) is 0.529. The summed E-state index contributed by atoms with van der Waals surface area (Å²) in [6, 6.07) is 8.28. The summed E-state index contributed by atoms with van der Waals surface area (Å²) < 4.78 is 29.1. The summed E-state index contributed by atoms with van der Waals surface area (Å²) in [6.07, 6.45) is -0.461. The number of esters is 1. The molecule has 1 rings (SSSR count). The van der Waals surface area contributed by atoms with Crippen LogP contribution in [0.3, 0.4) is 0 Å². The third kappa shape index (κ3) is 5.14. The summed E-state index contributed by atoms with van der Waals surface area (Å²) in [5, 5.41) is 0.522. The van der Waals surface area contributed by atoms with Crippen molar-refractivity contribution < 1.29 is 27.9 Å². The van der Waals surface area contributed by atoms with Gasteiger partial charge in [0.15, 0.2) is 0 Å². The van der Waals surface area contributed by atoms with Crippen molar-refractivity contribution in [1.82, 2.24) is 5.32 Å². The molecule has 0 aliphatic rings. The smallest absolute Gasteiger partial charge is 0.367 e. The van der Waals surface area contributed by atoms with E-state index in [9.17, 15) is 14.2 Å². The lowest BCUT2D eigenvalue weighted by Crippen LogP contribution is -2.54. The number of hydrogen-bond acceptors (Lipinski definition) is 6. The lowest BCUT2D eigenvalue weighted by molar-refractivity contribution is -0.151. The first-order chi connectivity index (χ1) is 11.7. The van der Waals surface area contributed by atoms with Crippen molar-refractivity contribution in [2.45, 2.75) is 46.0 Å². The first-order valence-electron chi connectivity index (χ1n) is 8.18. The van der Waals surface area contributed by atoms with Gasteiger partial charge in [0.05, 0.1) is 19.3 Å². The molecule has 25 heavy (non-hydrogen) atoms. The number of benzene rings is 1. The Bertz CT molecular complexity index is 623. The molecular formula is C17H26NO6P. The summed E-state index contributed by atoms with van der Waals surface area (Å²) in [5.41, 5.74) is 0.311. The van der Waals surface area contributed by atoms with Crippen LogP contribution in [-0.2, 0) is 23.1 Å². The number of hydrogen-bond donors (Lipinski definition) is 1. The van der Waals surface area contributed by atoms with Crippen molar-refractivity contribution in [2.24, 2.45) is 0 Å². The van der Waals surface area contributed by atoms with Crippen LogP contribution in [0.1, 0.15) is 45.0 Å². The molecular weight excluding hydrogens is 345 g/mol. The third-order valence-corrected chi connectivity index (χ3v) is 5.87. The Morgan fingerprint density at radius 1 is 1.12 bits per heavy atom. The van der Waals surface area contributed by atoms with Gasteiger partial charge in [0.1, 0.15) is 0 Å². The van der Waals surface area contributed by atoms with Crippen molar-refractivity contribution >= 4 is 19.5 Å². The van der Waals surface area contributed by atoms with E-state index in [1.54, 1.807) is 58.0 Å². The van der Waals surface area contributed by atoms with Crippen LogP contribution in [0.5, 0.6) is 0 Å². The van der Waals surface area contributed by atoms with Crippen LogP contribution in [-0.4, -0.2) is 36.5 Å². The van der Waals surface area contributed by atoms with Gasteiger partial charge in [-0.15, -0.1) is 0 Å². The SMILES string of the molecule is CCOP(=O)(OCC)[C@](C)(NC(=O)c1ccccc1)C(=O)OC(C)C. The van der Waals surface area contributed by atoms with Crippen LogP contribution in [0.15, 0.2) is 30.3 Å². The van der Waals surface area contributed by atoms with E-state index in [0.717, 1.165) is 0 Å². The second-order valence-corrected chi connectivity index (χ2v) is 8.09. The van der Waals surface area contributed by atoms with Gasteiger partial charge in [0.2, 0.25) is 5.28 Å². The minimum Gasteiger partial charge on any atom is -0.461 e. The Labute approximate surface area is 148 Å². The van der Waals surface area contributed by atoms with Crippen molar-refractivity contribution in [3.8, 4) is 0 Å². The molecule has 0 unspecified atom stereocenters. The van der Waals surface area contributed by atoms with E-state index in [0.29, 0.717) is 5.56 Å². The average molecular weight is 371 g/mol. The van der Waals surface area contributed by atoms with E-state index in [4.69, 9.17) is 13.8 Å². The maximum atomic E-state index is 13.3. The van der Waals surface area contributed by atoms with Crippen molar-refractivity contribution in [1.29, 1.82) is 0 Å². The quantitative estimate of drug-likeness (QED) is 0.529. The number of amides is 1. The van der Waals surface area contributed by atoms with Gasteiger partial charge in [-0.2, -0.15) is 0 Å². The number of carbonyl (C=O) groups excluding carboxylic acids is 2. The minimum atomic E-state index is -4.03. The van der Waals surface area contributed by atoms with E-state index < -0.39 is 30.9 Å². The molecule has 1 atom stereocenters. The summed E-state index contributed by atoms with van der Waals surface area (Å²) in [4.78, 5) is 25.2. The molecule has 0 saturated heterocycles. The monoisotopic (exact) mass is 371 g/mol. The molecule has 1 aromatic rings. The molecule has 1 amide bonds. The van der Waals surface area contributed by atoms with Gasteiger partial charge in [-0.3, -0.25) is 9.36 Å². The highest BCUT2D eigenvalue weighted by Crippen LogP contribution is 2.59. The van der Waals surface area contributed by atoms with Crippen LogP contribution in [0, 0.1) is 0 Å². The van der Waals surface area contributed by atoms with Crippen molar-refractivity contribution in [3.05, 3.63) is 35.9 Å². The normalized spacial score (nSPS) is 14.0. The Balaban J connectivity index is 3.29. The predicted molar refractivity (Wildman–Crippen MR) is 94.4 cm³/mol. The Morgan fingerprint density at radius 3 is 2.08 bits per heavy atom. The number of ether oxygens (including phenoxy) is 1. The van der Waals surface area contributed by atoms with E-state index in [2.05, 4.69) is 5.32 Å². The first kappa shape index (κ1) is 21.4. The van der Waals surface area contributed by atoms with Crippen LogP contribution in [0.4, 0.5) is 0 Å². The number of nitrogens with one attached hydrogen (secondary N) is 1. The summed E-state index contributed by atoms with van der Waals surface area (Å²) in [7, 11) is -4.03. The molecule has 0 radical (unpaired) electrons. The highest BCUT2D eigenvalue weighted by atomic mass is 31.2. The molecule has 0 aliphatic carbocycles. The van der Waals surface area contributed by atoms with Gasteiger partial charge in [-0.1, -0.05) is 18.2 Å². The highest BCUT2D eigenvalue weighted by Gasteiger charge is 2.56. The molecule has 1 N–H and O–H groups in total. The third-order valence-electron chi connectivity index (χ3n) is 3.28. The standard InChI is InChI=1S/C17H26NO6P/c1-6-22-25(21,23-7-2)17(5,16(20)24-13(3)4)18-15(19)14-11-9-8-10-12-14/h8-13H,6-7H2,1-5H3,(H,18,19)/t17-/m0/s1. The minimum absolute atomic E-state index is 0.0447. The molecule has 7 nitrogen and oxygen atoms in total. The van der Waals surface area contributed by atoms with E-state index in [1.807, 2.05) is 0 Å². The first-order valence-corrected chi connectivity index (χ1v) is 9.72. The molecule has 0 bridgehead atoms. The molecule has 8 heteroatoms. The molecule has 0 aliphatic heterocycles. The van der Waals surface area contributed by atoms with E-state index in [1.165, 1.54) is 6.92 Å². The van der Waals surface area contributed by atoms with E-state index in [-0.39, 0.29) is 13.2 Å². The van der Waals surface area contributed by atoms with Crippen LogP contribution >= 0.6 is 7.60 Å². The predicted octanol–water partition coefficient (Wildman–Crippen LogP) is 3.35. The highest BCUT2D eigenvalue weighted by molar-refractivity contribution is 7.56. The second-order valence-electron chi connectivity index (χ2n) is 5.68. The van der Waals surface area contributed by atoms with Crippen LogP contribution in [0.25, 0.3) is 0 Å². The van der Waals surface area contributed by atoms with Gasteiger partial charge in [-0.05, 0) is 46.8 Å². The Hall–Kier alpha value is -1.69. The molecule has 1 aromatic carbocycles. The molecule has 140 valence electrons. The van der Waals surface area contributed by atoms with Gasteiger partial charge in [0, 0.05) is 5.56 Å². The lowest BCUT2D eigenvalue weighted by Gasteiger charge is -2.34. The lowest BCUT2D eigenvalue weighted by atomic mass is 10.2. The summed E-state index contributed by atoms with van der Waals surface area (Å²) in [6.45, 7) is 7.95. The van der Waals surface area contributed by atoms with Crippen LogP contribution < -0.4 is 5.32 Å². The second kappa shape index (κ2) is 9.13. The van der Waals surface area contributed by atoms with E-state index >= 15 is 0 Å². The fourth-order valence-corrected chi connectivity index (χ4v) is 3.86. The maximum Gasteiger partial charge on any atom is 0.367 e. The Kier molecular flexibility index (Phi) is 7.80. The zero-order valence-corrected chi connectivity index (χ0v) is 16.2. The van der Waals surface area contributed by atoms with Gasteiger partial charge in [-0.25, -0.2) is 4.79 Å². The van der Waals surface area contributed by atoms with Gasteiger partial charge in [0.25, 0.3) is 5.91 Å². The van der Waals surface area contributed by atoms with Gasteiger partial charge >= 0.3 is 13.6 Å². The number of carbonyl (C=O) groups is 2. The average Bonchev–Trinajstić information content (AvgIpc) is 2.55. The summed E-state index contributed by atoms with van der Waals surface area (Å²) in [5.74, 6) is -1.46.